The number of aromatic nitrogens is 2. The van der Waals surface area contributed by atoms with E-state index in [0.29, 0.717) is 13.1 Å². The lowest BCUT2D eigenvalue weighted by Crippen LogP contribution is -2.50. The number of aliphatic hydroxyl groups excluding tert-OH is 1. The van der Waals surface area contributed by atoms with E-state index < -0.39 is 0 Å². The van der Waals surface area contributed by atoms with Gasteiger partial charge in [0.25, 0.3) is 0 Å². The Morgan fingerprint density at radius 2 is 1.95 bits per heavy atom. The molecule has 0 saturated carbocycles. The van der Waals surface area contributed by atoms with E-state index in [2.05, 4.69) is 9.88 Å². The Labute approximate surface area is 130 Å². The average Bonchev–Trinajstić information content (AvgIpc) is 2.84. The number of carbonyl (C=O) groups excluding carboxylic acids is 1. The van der Waals surface area contributed by atoms with Gasteiger partial charge in [-0.15, -0.1) is 0 Å². The molecule has 0 bridgehead atoms. The highest BCUT2D eigenvalue weighted by molar-refractivity contribution is 5.81. The van der Waals surface area contributed by atoms with E-state index in [1.54, 1.807) is 0 Å². The van der Waals surface area contributed by atoms with Gasteiger partial charge in [-0.2, -0.15) is 0 Å². The number of piperazine rings is 1. The van der Waals surface area contributed by atoms with Crippen LogP contribution in [0.4, 0.5) is 0 Å². The topological polar surface area (TPSA) is 61.6 Å². The van der Waals surface area contributed by atoms with Crippen LogP contribution in [0.1, 0.15) is 5.82 Å². The molecule has 0 spiro atoms. The quantitative estimate of drug-likeness (QED) is 0.892. The number of rotatable bonds is 4. The predicted octanol–water partition coefficient (Wildman–Crippen LogP) is 0.481. The van der Waals surface area contributed by atoms with Gasteiger partial charge in [0.2, 0.25) is 5.91 Å². The number of hydrogen-bond donors (Lipinski definition) is 1. The Bertz CT molecular complexity index is 659. The zero-order valence-corrected chi connectivity index (χ0v) is 12.9. The van der Waals surface area contributed by atoms with E-state index in [4.69, 9.17) is 5.11 Å². The highest BCUT2D eigenvalue weighted by atomic mass is 16.3. The smallest absolute Gasteiger partial charge is 0.242 e. The van der Waals surface area contributed by atoms with Crippen LogP contribution in [0.2, 0.25) is 0 Å². The number of aryl methyl sites for hydroxylation is 1. The molecule has 6 heteroatoms. The third-order valence-electron chi connectivity index (χ3n) is 4.28. The van der Waals surface area contributed by atoms with Crippen LogP contribution in [-0.2, 0) is 11.3 Å². The van der Waals surface area contributed by atoms with Gasteiger partial charge in [0.1, 0.15) is 12.4 Å². The zero-order chi connectivity index (χ0) is 15.5. The maximum Gasteiger partial charge on any atom is 0.242 e. The van der Waals surface area contributed by atoms with Crippen LogP contribution in [0.5, 0.6) is 0 Å². The SMILES string of the molecule is Cc1nc2ccccc2n1CC(=O)N1CCN(CCO)CC1. The number of fused-ring (bicyclic) bond motifs is 1. The first-order chi connectivity index (χ1) is 10.7. The molecule has 1 aromatic carbocycles. The van der Waals surface area contributed by atoms with Gasteiger partial charge in [-0.3, -0.25) is 9.69 Å². The van der Waals surface area contributed by atoms with Crippen LogP contribution in [0.15, 0.2) is 24.3 Å². The fraction of sp³-hybridized carbons (Fsp3) is 0.500. The molecule has 1 saturated heterocycles. The Morgan fingerprint density at radius 1 is 1.23 bits per heavy atom. The van der Waals surface area contributed by atoms with Crippen molar-refractivity contribution >= 4 is 16.9 Å². The van der Waals surface area contributed by atoms with Crippen molar-refractivity contribution < 1.29 is 9.90 Å². The molecular weight excluding hydrogens is 280 g/mol. The highest BCUT2D eigenvalue weighted by Gasteiger charge is 2.21. The molecule has 1 aliphatic rings. The van der Waals surface area contributed by atoms with Gasteiger partial charge >= 0.3 is 0 Å². The van der Waals surface area contributed by atoms with Crippen molar-refractivity contribution in [1.29, 1.82) is 0 Å². The van der Waals surface area contributed by atoms with E-state index in [9.17, 15) is 4.79 Å². The molecule has 1 N–H and O–H groups in total. The molecule has 0 unspecified atom stereocenters. The largest absolute Gasteiger partial charge is 0.395 e. The number of carbonyl (C=O) groups is 1. The fourth-order valence-electron chi connectivity index (χ4n) is 2.99. The minimum absolute atomic E-state index is 0.134. The Balaban J connectivity index is 1.68. The minimum Gasteiger partial charge on any atom is -0.395 e. The number of amides is 1. The first kappa shape index (κ1) is 15.0. The molecule has 2 aromatic rings. The number of benzene rings is 1. The summed E-state index contributed by atoms with van der Waals surface area (Å²) in [7, 11) is 0. The first-order valence-corrected chi connectivity index (χ1v) is 7.72. The molecule has 22 heavy (non-hydrogen) atoms. The van der Waals surface area contributed by atoms with Crippen molar-refractivity contribution in [2.45, 2.75) is 13.5 Å². The summed E-state index contributed by atoms with van der Waals surface area (Å²) in [5, 5.41) is 8.96. The summed E-state index contributed by atoms with van der Waals surface area (Å²) >= 11 is 0. The van der Waals surface area contributed by atoms with Crippen LogP contribution in [0.25, 0.3) is 11.0 Å². The molecule has 0 aliphatic carbocycles. The molecule has 2 heterocycles. The number of para-hydroxylation sites is 2. The van der Waals surface area contributed by atoms with Crippen molar-refractivity contribution in [3.8, 4) is 0 Å². The first-order valence-electron chi connectivity index (χ1n) is 7.72. The molecule has 1 aliphatic heterocycles. The van der Waals surface area contributed by atoms with E-state index >= 15 is 0 Å². The van der Waals surface area contributed by atoms with Crippen LogP contribution in [0, 0.1) is 6.92 Å². The summed E-state index contributed by atoms with van der Waals surface area (Å²) in [6, 6.07) is 7.90. The lowest BCUT2D eigenvalue weighted by atomic mass is 10.3. The zero-order valence-electron chi connectivity index (χ0n) is 12.9. The second kappa shape index (κ2) is 6.46. The van der Waals surface area contributed by atoms with Gasteiger partial charge < -0.3 is 14.6 Å². The Morgan fingerprint density at radius 3 is 2.68 bits per heavy atom. The van der Waals surface area contributed by atoms with E-state index in [-0.39, 0.29) is 12.5 Å². The number of hydrogen-bond acceptors (Lipinski definition) is 4. The summed E-state index contributed by atoms with van der Waals surface area (Å²) in [5.74, 6) is 1.00. The predicted molar refractivity (Wildman–Crippen MR) is 84.6 cm³/mol. The van der Waals surface area contributed by atoms with Gasteiger partial charge in [-0.05, 0) is 19.1 Å². The molecular formula is C16H22N4O2. The van der Waals surface area contributed by atoms with Crippen molar-refractivity contribution in [3.63, 3.8) is 0 Å². The van der Waals surface area contributed by atoms with E-state index in [1.807, 2.05) is 40.7 Å². The van der Waals surface area contributed by atoms with Gasteiger partial charge in [-0.25, -0.2) is 4.98 Å². The minimum atomic E-state index is 0.134. The van der Waals surface area contributed by atoms with Gasteiger partial charge in [-0.1, -0.05) is 12.1 Å². The third-order valence-corrected chi connectivity index (χ3v) is 4.28. The number of β-amino-alcohol motifs (C(OH)–C–C–N with tert-alkyl or cyclic N) is 1. The van der Waals surface area contributed by atoms with Crippen LogP contribution >= 0.6 is 0 Å². The van der Waals surface area contributed by atoms with Crippen LogP contribution < -0.4 is 0 Å². The lowest BCUT2D eigenvalue weighted by molar-refractivity contribution is -0.133. The second-order valence-corrected chi connectivity index (χ2v) is 5.68. The fourth-order valence-corrected chi connectivity index (χ4v) is 2.99. The molecule has 1 amide bonds. The molecule has 3 rings (SSSR count). The number of imidazole rings is 1. The van der Waals surface area contributed by atoms with E-state index in [1.165, 1.54) is 0 Å². The van der Waals surface area contributed by atoms with Crippen molar-refractivity contribution in [3.05, 3.63) is 30.1 Å². The summed E-state index contributed by atoms with van der Waals surface area (Å²) in [4.78, 5) is 21.1. The average molecular weight is 302 g/mol. The standard InChI is InChI=1S/C16H22N4O2/c1-13-17-14-4-2-3-5-15(14)20(13)12-16(22)19-8-6-18(7-9-19)10-11-21/h2-5,21H,6-12H2,1H3. The summed E-state index contributed by atoms with van der Waals surface area (Å²) in [5.41, 5.74) is 1.94. The van der Waals surface area contributed by atoms with E-state index in [0.717, 1.165) is 43.0 Å². The summed E-state index contributed by atoms with van der Waals surface area (Å²) < 4.78 is 1.98. The maximum absolute atomic E-state index is 12.5. The Kier molecular flexibility index (Phi) is 4.40. The molecule has 1 fully saturated rings. The van der Waals surface area contributed by atoms with Gasteiger partial charge in [0.15, 0.2) is 0 Å². The van der Waals surface area contributed by atoms with Crippen LogP contribution in [0.3, 0.4) is 0 Å². The summed E-state index contributed by atoms with van der Waals surface area (Å²) in [6.45, 7) is 6.25. The van der Waals surface area contributed by atoms with Crippen molar-refractivity contribution in [1.82, 2.24) is 19.4 Å². The summed E-state index contributed by atoms with van der Waals surface area (Å²) in [6.07, 6.45) is 0. The van der Waals surface area contributed by atoms with Gasteiger partial charge in [0.05, 0.1) is 17.6 Å². The monoisotopic (exact) mass is 302 g/mol. The van der Waals surface area contributed by atoms with Crippen molar-refractivity contribution in [2.75, 3.05) is 39.3 Å². The number of aliphatic hydroxyl groups is 1. The molecule has 0 radical (unpaired) electrons. The number of nitrogens with zero attached hydrogens (tertiary/aromatic N) is 4. The highest BCUT2D eigenvalue weighted by Crippen LogP contribution is 2.16. The normalized spacial score (nSPS) is 16.4. The van der Waals surface area contributed by atoms with Crippen molar-refractivity contribution in [2.24, 2.45) is 0 Å². The van der Waals surface area contributed by atoms with Gasteiger partial charge in [0, 0.05) is 32.7 Å². The lowest BCUT2D eigenvalue weighted by Gasteiger charge is -2.34. The molecule has 1 aromatic heterocycles. The second-order valence-electron chi connectivity index (χ2n) is 5.68. The van der Waals surface area contributed by atoms with Crippen LogP contribution in [-0.4, -0.2) is 69.7 Å². The molecule has 0 atom stereocenters. The molecule has 118 valence electrons. The Hall–Kier alpha value is -1.92. The maximum atomic E-state index is 12.5. The third kappa shape index (κ3) is 2.98. The molecule has 6 nitrogen and oxygen atoms in total.